The summed E-state index contributed by atoms with van der Waals surface area (Å²) in [4.78, 5) is 9.76. The van der Waals surface area contributed by atoms with Crippen molar-refractivity contribution in [3.63, 3.8) is 0 Å². The number of hydrogen-bond acceptors (Lipinski definition) is 3. The minimum Gasteiger partial charge on any atom is -0.379 e. The summed E-state index contributed by atoms with van der Waals surface area (Å²) in [7, 11) is 0. The molecule has 116 valence electrons. The van der Waals surface area contributed by atoms with E-state index >= 15 is 0 Å². The number of anilines is 1. The van der Waals surface area contributed by atoms with Gasteiger partial charge in [-0.1, -0.05) is 12.1 Å². The molecule has 0 amide bonds. The molecule has 2 aromatic rings. The highest BCUT2D eigenvalue weighted by molar-refractivity contribution is 5.50. The number of non-ortho nitro benzene ring substituents is 1. The van der Waals surface area contributed by atoms with Crippen molar-refractivity contribution in [3.8, 4) is 0 Å². The number of nitrogens with zero attached hydrogens (tertiary/aromatic N) is 1. The first-order valence-electron chi connectivity index (χ1n) is 6.11. The molecule has 0 bridgehead atoms. The molecule has 0 spiro atoms. The van der Waals surface area contributed by atoms with Gasteiger partial charge >= 0.3 is 6.18 Å². The van der Waals surface area contributed by atoms with Gasteiger partial charge in [-0.15, -0.1) is 0 Å². The molecule has 0 aliphatic carbocycles. The molecule has 2 aromatic carbocycles. The number of nitro benzene ring substituents is 1. The molecule has 4 nitrogen and oxygen atoms in total. The average Bonchev–Trinajstić information content (AvgIpc) is 2.45. The third-order valence-corrected chi connectivity index (χ3v) is 2.93. The maximum absolute atomic E-state index is 13.6. The van der Waals surface area contributed by atoms with Crippen molar-refractivity contribution in [1.82, 2.24) is 0 Å². The van der Waals surface area contributed by atoms with Gasteiger partial charge in [-0.25, -0.2) is 4.39 Å². The number of rotatable bonds is 4. The van der Waals surface area contributed by atoms with Crippen LogP contribution in [-0.4, -0.2) is 4.92 Å². The van der Waals surface area contributed by atoms with Gasteiger partial charge in [0.05, 0.1) is 22.2 Å². The molecule has 0 aliphatic heterocycles. The summed E-state index contributed by atoms with van der Waals surface area (Å²) in [6.07, 6.45) is -4.41. The van der Waals surface area contributed by atoms with E-state index < -0.39 is 22.5 Å². The molecule has 0 saturated carbocycles. The topological polar surface area (TPSA) is 55.2 Å². The first-order chi connectivity index (χ1) is 10.3. The van der Waals surface area contributed by atoms with Crippen molar-refractivity contribution in [3.05, 3.63) is 69.5 Å². The molecule has 0 radical (unpaired) electrons. The van der Waals surface area contributed by atoms with Gasteiger partial charge in [-0.2, -0.15) is 13.2 Å². The molecule has 0 saturated heterocycles. The van der Waals surface area contributed by atoms with Crippen molar-refractivity contribution in [2.24, 2.45) is 0 Å². The molecule has 0 aliphatic rings. The lowest BCUT2D eigenvalue weighted by molar-refractivity contribution is -0.385. The zero-order valence-corrected chi connectivity index (χ0v) is 11.0. The fraction of sp³-hybridized carbons (Fsp3) is 0.143. The standard InChI is InChI=1S/C14H10F4N2O2/c15-12-7-11(20(21)22)5-6-13(12)19-8-9-1-3-10(4-2-9)14(16,17)18/h1-7,19H,8H2. The third-order valence-electron chi connectivity index (χ3n) is 2.93. The first kappa shape index (κ1) is 15.7. The predicted molar refractivity (Wildman–Crippen MR) is 71.8 cm³/mol. The van der Waals surface area contributed by atoms with Crippen LogP contribution in [0.15, 0.2) is 42.5 Å². The van der Waals surface area contributed by atoms with Crippen LogP contribution in [0.2, 0.25) is 0 Å². The summed E-state index contributed by atoms with van der Waals surface area (Å²) in [5.41, 5.74) is -0.591. The van der Waals surface area contributed by atoms with E-state index in [4.69, 9.17) is 0 Å². The van der Waals surface area contributed by atoms with E-state index in [-0.39, 0.29) is 17.9 Å². The number of alkyl halides is 3. The summed E-state index contributed by atoms with van der Waals surface area (Å²) in [5.74, 6) is -0.805. The van der Waals surface area contributed by atoms with Crippen LogP contribution in [0.3, 0.4) is 0 Å². The Kier molecular flexibility index (Phi) is 4.30. The van der Waals surface area contributed by atoms with Gasteiger partial charge in [0.2, 0.25) is 0 Å². The maximum atomic E-state index is 13.6. The summed E-state index contributed by atoms with van der Waals surface area (Å²) in [5, 5.41) is 13.2. The van der Waals surface area contributed by atoms with Crippen LogP contribution in [0, 0.1) is 15.9 Å². The molecule has 0 unspecified atom stereocenters. The largest absolute Gasteiger partial charge is 0.416 e. The van der Waals surface area contributed by atoms with Crippen LogP contribution in [0.5, 0.6) is 0 Å². The number of hydrogen-bond donors (Lipinski definition) is 1. The fourth-order valence-corrected chi connectivity index (χ4v) is 1.77. The second-order valence-corrected chi connectivity index (χ2v) is 4.47. The minimum atomic E-state index is -4.41. The molecule has 0 fully saturated rings. The van der Waals surface area contributed by atoms with E-state index in [1.54, 1.807) is 0 Å². The van der Waals surface area contributed by atoms with E-state index in [0.717, 1.165) is 24.3 Å². The van der Waals surface area contributed by atoms with Crippen molar-refractivity contribution in [2.75, 3.05) is 5.32 Å². The highest BCUT2D eigenvalue weighted by Gasteiger charge is 2.29. The Morgan fingerprint density at radius 3 is 2.23 bits per heavy atom. The second-order valence-electron chi connectivity index (χ2n) is 4.47. The van der Waals surface area contributed by atoms with E-state index in [9.17, 15) is 27.7 Å². The number of halogens is 4. The smallest absolute Gasteiger partial charge is 0.379 e. The molecule has 0 aromatic heterocycles. The Morgan fingerprint density at radius 1 is 1.09 bits per heavy atom. The maximum Gasteiger partial charge on any atom is 0.416 e. The van der Waals surface area contributed by atoms with E-state index in [0.29, 0.717) is 5.56 Å². The highest BCUT2D eigenvalue weighted by Crippen LogP contribution is 2.29. The molecule has 2 rings (SSSR count). The number of nitro groups is 1. The van der Waals surface area contributed by atoms with Gasteiger partial charge in [0.1, 0.15) is 0 Å². The molecular formula is C14H10F4N2O2. The van der Waals surface area contributed by atoms with Gasteiger partial charge < -0.3 is 5.32 Å². The molecular weight excluding hydrogens is 304 g/mol. The zero-order chi connectivity index (χ0) is 16.3. The van der Waals surface area contributed by atoms with Gasteiger partial charge in [0.15, 0.2) is 5.82 Å². The highest BCUT2D eigenvalue weighted by atomic mass is 19.4. The summed E-state index contributed by atoms with van der Waals surface area (Å²) in [6, 6.07) is 7.54. The van der Waals surface area contributed by atoms with Gasteiger partial charge in [0, 0.05) is 12.6 Å². The van der Waals surface area contributed by atoms with Gasteiger partial charge in [-0.05, 0) is 23.8 Å². The lowest BCUT2D eigenvalue weighted by atomic mass is 10.1. The van der Waals surface area contributed by atoms with Gasteiger partial charge in [-0.3, -0.25) is 10.1 Å². The average molecular weight is 314 g/mol. The van der Waals surface area contributed by atoms with E-state index in [1.165, 1.54) is 18.2 Å². The predicted octanol–water partition coefficient (Wildman–Crippen LogP) is 4.36. The molecule has 0 atom stereocenters. The van der Waals surface area contributed by atoms with E-state index in [2.05, 4.69) is 5.32 Å². The van der Waals surface area contributed by atoms with E-state index in [1.807, 2.05) is 0 Å². The van der Waals surface area contributed by atoms with Gasteiger partial charge in [0.25, 0.3) is 5.69 Å². The lowest BCUT2D eigenvalue weighted by Gasteiger charge is -2.10. The molecule has 22 heavy (non-hydrogen) atoms. The van der Waals surface area contributed by atoms with Crippen LogP contribution in [0.1, 0.15) is 11.1 Å². The third kappa shape index (κ3) is 3.72. The molecule has 1 N–H and O–H groups in total. The SMILES string of the molecule is O=[N+]([O-])c1ccc(NCc2ccc(C(F)(F)F)cc2)c(F)c1. The molecule has 0 heterocycles. The van der Waals surface area contributed by atoms with Crippen LogP contribution in [0.4, 0.5) is 28.9 Å². The molecule has 8 heteroatoms. The second kappa shape index (κ2) is 6.00. The minimum absolute atomic E-state index is 0.0329. The zero-order valence-electron chi connectivity index (χ0n) is 11.0. The monoisotopic (exact) mass is 314 g/mol. The Hall–Kier alpha value is -2.64. The summed E-state index contributed by atoms with van der Waals surface area (Å²) in [6.45, 7) is 0.0901. The van der Waals surface area contributed by atoms with Crippen LogP contribution < -0.4 is 5.32 Å². The Bertz CT molecular complexity index is 684. The lowest BCUT2D eigenvalue weighted by Crippen LogP contribution is -2.06. The van der Waals surface area contributed by atoms with Crippen molar-refractivity contribution < 1.29 is 22.5 Å². The summed E-state index contributed by atoms with van der Waals surface area (Å²) >= 11 is 0. The van der Waals surface area contributed by atoms with Crippen molar-refractivity contribution >= 4 is 11.4 Å². The summed E-state index contributed by atoms with van der Waals surface area (Å²) < 4.78 is 50.8. The Morgan fingerprint density at radius 2 is 1.73 bits per heavy atom. The van der Waals surface area contributed by atoms with Crippen molar-refractivity contribution in [2.45, 2.75) is 12.7 Å². The Balaban J connectivity index is 2.05. The number of benzene rings is 2. The fourth-order valence-electron chi connectivity index (χ4n) is 1.77. The van der Waals surface area contributed by atoms with Crippen LogP contribution in [0.25, 0.3) is 0 Å². The first-order valence-corrected chi connectivity index (χ1v) is 6.11. The van der Waals surface area contributed by atoms with Crippen molar-refractivity contribution in [1.29, 1.82) is 0 Å². The van der Waals surface area contributed by atoms with Crippen LogP contribution in [-0.2, 0) is 12.7 Å². The van der Waals surface area contributed by atoms with Crippen LogP contribution >= 0.6 is 0 Å². The normalized spacial score (nSPS) is 11.3. The Labute approximate surface area is 122 Å². The quantitative estimate of drug-likeness (QED) is 0.518. The number of nitrogens with one attached hydrogen (secondary N) is 1.